The minimum absolute atomic E-state index is 0. The maximum atomic E-state index is 14.5. The van der Waals surface area contributed by atoms with Crippen molar-refractivity contribution in [1.82, 2.24) is 20.1 Å². The van der Waals surface area contributed by atoms with Crippen molar-refractivity contribution in [3.8, 4) is 23.0 Å². The van der Waals surface area contributed by atoms with E-state index in [0.29, 0.717) is 23.3 Å². The SMILES string of the molecule is CC(C)(C)OC(=O)N[C@@H](Cc1cc(F)cc(F)c1)c1nc(C#CC(C)(C)S(C)(=O)=O)ccc1-c1ccc(Cl)c2c(N(S(C)(=O)=O)S(C)(=O)=O)nn(CC(F)(F)F)c12.S. The summed E-state index contributed by atoms with van der Waals surface area (Å²) in [5, 5.41) is 5.44. The van der Waals surface area contributed by atoms with E-state index in [1.54, 1.807) is 20.8 Å². The highest BCUT2D eigenvalue weighted by Crippen LogP contribution is 2.43. The molecule has 4 rings (SSSR count). The van der Waals surface area contributed by atoms with Crippen LogP contribution in [-0.2, 0) is 47.6 Å². The number of rotatable bonds is 10. The lowest BCUT2D eigenvalue weighted by atomic mass is 9.93. The molecule has 0 aliphatic heterocycles. The molecule has 0 saturated carbocycles. The number of alkyl halides is 3. The lowest BCUT2D eigenvalue weighted by molar-refractivity contribution is -0.141. The van der Waals surface area contributed by atoms with Crippen molar-refractivity contribution in [3.63, 3.8) is 0 Å². The number of sulfone groups is 1. The molecule has 1 N–H and O–H groups in total. The molecule has 0 saturated heterocycles. The van der Waals surface area contributed by atoms with Crippen LogP contribution in [0.5, 0.6) is 0 Å². The number of carbonyl (C=O) groups excluding carboxylic acids is 1. The first-order valence-corrected chi connectivity index (χ1v) is 22.4. The van der Waals surface area contributed by atoms with E-state index in [-0.39, 0.29) is 45.3 Å². The number of anilines is 1. The first-order valence-electron chi connectivity index (χ1n) is 16.4. The van der Waals surface area contributed by atoms with E-state index in [1.165, 1.54) is 32.0 Å². The van der Waals surface area contributed by atoms with E-state index in [1.807, 2.05) is 0 Å². The molecule has 2 heterocycles. The van der Waals surface area contributed by atoms with Gasteiger partial charge in [-0.3, -0.25) is 4.68 Å². The largest absolute Gasteiger partial charge is 0.444 e. The van der Waals surface area contributed by atoms with Crippen molar-refractivity contribution in [2.24, 2.45) is 0 Å². The summed E-state index contributed by atoms with van der Waals surface area (Å²) in [7, 11) is -13.3. The molecule has 0 radical (unpaired) electrons. The summed E-state index contributed by atoms with van der Waals surface area (Å²) in [6.45, 7) is 5.42. The Kier molecular flexibility index (Phi) is 14.0. The van der Waals surface area contributed by atoms with Gasteiger partial charge in [0.1, 0.15) is 34.2 Å². The molecule has 1 amide bonds. The summed E-state index contributed by atoms with van der Waals surface area (Å²) in [6, 6.07) is 5.98. The molecule has 2 aromatic carbocycles. The second kappa shape index (κ2) is 16.8. The second-order valence-electron chi connectivity index (χ2n) is 14.5. The fourth-order valence-electron chi connectivity index (χ4n) is 5.43. The Hall–Kier alpha value is -4.17. The number of benzene rings is 2. The Labute approximate surface area is 344 Å². The summed E-state index contributed by atoms with van der Waals surface area (Å²) in [4.78, 5) is 17.9. The number of sulfonamides is 2. The lowest BCUT2D eigenvalue weighted by Crippen LogP contribution is -2.36. The Morgan fingerprint density at radius 3 is 1.97 bits per heavy atom. The summed E-state index contributed by atoms with van der Waals surface area (Å²) >= 11 is 6.49. The van der Waals surface area contributed by atoms with Gasteiger partial charge in [0.05, 0.1) is 40.2 Å². The lowest BCUT2D eigenvalue weighted by Gasteiger charge is -2.25. The molecular formula is C35H39ClF5N5O8S4. The summed E-state index contributed by atoms with van der Waals surface area (Å²) < 4.78 is 152. The highest BCUT2D eigenvalue weighted by Gasteiger charge is 2.37. The van der Waals surface area contributed by atoms with Crippen LogP contribution in [0.2, 0.25) is 5.02 Å². The van der Waals surface area contributed by atoms with E-state index < -0.39 is 105 Å². The maximum absolute atomic E-state index is 14.5. The van der Waals surface area contributed by atoms with Gasteiger partial charge in [-0.25, -0.2) is 43.8 Å². The average molecular weight is 916 g/mol. The van der Waals surface area contributed by atoms with Crippen LogP contribution in [0, 0.1) is 23.5 Å². The molecule has 318 valence electrons. The smallest absolute Gasteiger partial charge is 0.408 e. The predicted molar refractivity (Wildman–Crippen MR) is 215 cm³/mol. The standard InChI is InChI=1S/C35H37ClF5N5O8S3.H2S/c1-33(2,3)54-32(47)43-27(17-20-15-21(37)18-22(38)16-20)29-24(10-9-23(42-29)13-14-34(4,5)55(6,48)49)25-11-12-26(36)28-30(25)45(19-35(39,40)41)44-31(28)46(56(7,50)51)57(8,52)53;/h9-12,15-16,18,27H,17,19H2,1-8H3,(H,43,47);1H2/t27-;/m0./s1. The quantitative estimate of drug-likeness (QED) is 0.138. The van der Waals surface area contributed by atoms with Gasteiger partial charge in [-0.1, -0.05) is 23.6 Å². The molecule has 0 aliphatic rings. The number of fused-ring (bicyclic) bond motifs is 1. The van der Waals surface area contributed by atoms with Crippen LogP contribution in [0.3, 0.4) is 0 Å². The zero-order valence-corrected chi connectivity index (χ0v) is 36.3. The van der Waals surface area contributed by atoms with Gasteiger partial charge >= 0.3 is 12.3 Å². The predicted octanol–water partition coefficient (Wildman–Crippen LogP) is 6.41. The van der Waals surface area contributed by atoms with E-state index in [2.05, 4.69) is 27.2 Å². The van der Waals surface area contributed by atoms with Crippen LogP contribution in [0.25, 0.3) is 22.0 Å². The summed E-state index contributed by atoms with van der Waals surface area (Å²) in [5.74, 6) is 2.30. The molecule has 0 unspecified atom stereocenters. The Bertz CT molecular complexity index is 2600. The number of carbonyl (C=O) groups is 1. The molecule has 0 bridgehead atoms. The second-order valence-corrected chi connectivity index (χ2v) is 21.3. The molecule has 4 aromatic rings. The van der Waals surface area contributed by atoms with Crippen molar-refractivity contribution >= 4 is 77.8 Å². The summed E-state index contributed by atoms with van der Waals surface area (Å²) in [5.41, 5.74) is -2.29. The molecule has 0 spiro atoms. The van der Waals surface area contributed by atoms with Gasteiger partial charge < -0.3 is 10.1 Å². The fourth-order valence-corrected chi connectivity index (χ4v) is 8.75. The highest BCUT2D eigenvalue weighted by atomic mass is 35.5. The van der Waals surface area contributed by atoms with Crippen molar-refractivity contribution < 1.29 is 56.7 Å². The molecule has 13 nitrogen and oxygen atoms in total. The zero-order chi connectivity index (χ0) is 43.3. The van der Waals surface area contributed by atoms with Crippen LogP contribution in [0.1, 0.15) is 57.6 Å². The number of nitrogens with one attached hydrogen (secondary N) is 1. The third-order valence-corrected chi connectivity index (χ3v) is 13.4. The fraction of sp³-hybridized carbons (Fsp3) is 0.400. The van der Waals surface area contributed by atoms with Crippen LogP contribution in [0.4, 0.5) is 32.6 Å². The van der Waals surface area contributed by atoms with Gasteiger partial charge in [0, 0.05) is 23.4 Å². The van der Waals surface area contributed by atoms with Gasteiger partial charge in [0.15, 0.2) is 15.7 Å². The number of alkyl carbamates (subject to hydrolysis) is 1. The molecule has 23 heteroatoms. The van der Waals surface area contributed by atoms with Gasteiger partial charge in [-0.05, 0) is 82.9 Å². The first kappa shape index (κ1) is 48.2. The van der Waals surface area contributed by atoms with E-state index >= 15 is 0 Å². The minimum atomic E-state index is -5.02. The topological polar surface area (TPSA) is 175 Å². The monoisotopic (exact) mass is 915 g/mol. The number of pyridine rings is 1. The Morgan fingerprint density at radius 2 is 1.47 bits per heavy atom. The molecule has 58 heavy (non-hydrogen) atoms. The Morgan fingerprint density at radius 1 is 0.914 bits per heavy atom. The number of amides is 1. The van der Waals surface area contributed by atoms with Crippen LogP contribution < -0.4 is 9.03 Å². The van der Waals surface area contributed by atoms with Crippen LogP contribution in [0.15, 0.2) is 42.5 Å². The van der Waals surface area contributed by atoms with Gasteiger partial charge in [-0.15, -0.1) is 3.71 Å². The van der Waals surface area contributed by atoms with E-state index in [4.69, 9.17) is 16.3 Å². The molecule has 2 aromatic heterocycles. The van der Waals surface area contributed by atoms with Crippen molar-refractivity contribution in [2.45, 2.75) is 70.2 Å². The third-order valence-electron chi connectivity index (χ3n) is 7.95. The van der Waals surface area contributed by atoms with Crippen LogP contribution >= 0.6 is 25.1 Å². The third kappa shape index (κ3) is 11.7. The minimum Gasteiger partial charge on any atom is -0.444 e. The number of nitrogens with zero attached hydrogens (tertiary/aromatic N) is 4. The van der Waals surface area contributed by atoms with Gasteiger partial charge in [0.2, 0.25) is 20.0 Å². The van der Waals surface area contributed by atoms with Crippen molar-refractivity contribution in [1.29, 1.82) is 0 Å². The summed E-state index contributed by atoms with van der Waals surface area (Å²) in [6.07, 6.45) is -4.56. The molecule has 0 aliphatic carbocycles. The number of aromatic nitrogens is 3. The number of hydrogen-bond acceptors (Lipinski definition) is 10. The highest BCUT2D eigenvalue weighted by molar-refractivity contribution is 8.09. The molecular weight excluding hydrogens is 877 g/mol. The first-order chi connectivity index (χ1) is 25.8. The van der Waals surface area contributed by atoms with Crippen LogP contribution in [-0.4, -0.2) is 81.4 Å². The zero-order valence-electron chi connectivity index (χ0n) is 32.1. The van der Waals surface area contributed by atoms with Crippen molar-refractivity contribution in [2.75, 3.05) is 22.5 Å². The number of halogens is 6. The molecule has 0 fully saturated rings. The number of hydrogen-bond donors (Lipinski definition) is 1. The van der Waals surface area contributed by atoms with Gasteiger partial charge in [-0.2, -0.15) is 31.8 Å². The average Bonchev–Trinajstić information content (AvgIpc) is 3.33. The Balaban J connectivity index is 0.00000900. The van der Waals surface area contributed by atoms with Gasteiger partial charge in [0.25, 0.3) is 0 Å². The maximum Gasteiger partial charge on any atom is 0.408 e. The normalized spacial score (nSPS) is 13.3. The van der Waals surface area contributed by atoms with Crippen molar-refractivity contribution in [3.05, 3.63) is 76.1 Å². The number of ether oxygens (including phenoxy) is 1. The molecule has 1 atom stereocenters. The van der Waals surface area contributed by atoms with E-state index in [9.17, 15) is 52.0 Å². The van der Waals surface area contributed by atoms with E-state index in [0.717, 1.165) is 24.5 Å².